The van der Waals surface area contributed by atoms with E-state index in [0.29, 0.717) is 48.3 Å². The van der Waals surface area contributed by atoms with Gasteiger partial charge in [-0.3, -0.25) is 14.4 Å². The van der Waals surface area contributed by atoms with Gasteiger partial charge in [0, 0.05) is 61.4 Å². The average Bonchev–Trinajstić information content (AvgIpc) is 3.10. The van der Waals surface area contributed by atoms with E-state index in [4.69, 9.17) is 9.15 Å². The Bertz CT molecular complexity index is 2070. The van der Waals surface area contributed by atoms with Crippen molar-refractivity contribution in [3.05, 3.63) is 71.1 Å². The van der Waals surface area contributed by atoms with Crippen LogP contribution in [0, 0.1) is 0 Å². The number of carboxylic acid groups (broad SMARTS) is 1. The summed E-state index contributed by atoms with van der Waals surface area (Å²) in [6.07, 6.45) is 1.70. The summed E-state index contributed by atoms with van der Waals surface area (Å²) in [5, 5.41) is 20.2. The second-order valence-corrected chi connectivity index (χ2v) is 13.6. The first-order valence-corrected chi connectivity index (χ1v) is 17.3. The molecule has 1 saturated heterocycles. The highest BCUT2D eigenvalue weighted by Crippen LogP contribution is 2.42. The molecule has 1 aliphatic carbocycles. The third kappa shape index (κ3) is 8.59. The van der Waals surface area contributed by atoms with Gasteiger partial charge >= 0.3 is 11.9 Å². The largest absolute Gasteiger partial charge is 0.478 e. The van der Waals surface area contributed by atoms with E-state index in [2.05, 4.69) is 16.0 Å². The molecule has 2 aromatic rings. The highest BCUT2D eigenvalue weighted by molar-refractivity contribution is 6.08. The van der Waals surface area contributed by atoms with Gasteiger partial charge in [0.05, 0.1) is 18.1 Å². The minimum atomic E-state index is -1.11. The molecule has 0 unspecified atom stereocenters. The number of benzene rings is 3. The van der Waals surface area contributed by atoms with E-state index in [1.54, 1.807) is 32.0 Å². The summed E-state index contributed by atoms with van der Waals surface area (Å²) < 4.78 is 13.2. The van der Waals surface area contributed by atoms with Crippen molar-refractivity contribution in [2.75, 3.05) is 39.6 Å². The summed E-state index contributed by atoms with van der Waals surface area (Å²) in [5.41, 5.74) is 4.24. The lowest BCUT2D eigenvalue weighted by atomic mass is 9.89. The van der Waals surface area contributed by atoms with Gasteiger partial charge in [-0.05, 0) is 62.1 Å². The Labute approximate surface area is 302 Å². The Kier molecular flexibility index (Phi) is 11.6. The molecule has 5 rings (SSSR count). The number of hydrogen-bond acceptors (Lipinski definition) is 8. The summed E-state index contributed by atoms with van der Waals surface area (Å²) >= 11 is 0. The van der Waals surface area contributed by atoms with E-state index >= 15 is 0 Å². The van der Waals surface area contributed by atoms with Gasteiger partial charge in [-0.2, -0.15) is 0 Å². The summed E-state index contributed by atoms with van der Waals surface area (Å²) in [4.78, 5) is 63.5. The number of carbonyl (C=O) groups excluding carboxylic acids is 4. The monoisotopic (exact) mass is 712 g/mol. The molecule has 0 saturated carbocycles. The van der Waals surface area contributed by atoms with E-state index in [1.165, 1.54) is 0 Å². The number of anilines is 1. The molecule has 2 aliphatic heterocycles. The van der Waals surface area contributed by atoms with Crippen molar-refractivity contribution in [3.8, 4) is 22.5 Å². The van der Waals surface area contributed by atoms with Crippen LogP contribution >= 0.6 is 0 Å². The number of cyclic esters (lactones) is 1. The first kappa shape index (κ1) is 37.5. The van der Waals surface area contributed by atoms with Crippen LogP contribution in [0.3, 0.4) is 0 Å². The normalized spacial score (nSPS) is 15.7. The maximum atomic E-state index is 12.8. The van der Waals surface area contributed by atoms with Crippen LogP contribution in [0.5, 0.6) is 0 Å². The minimum absolute atomic E-state index is 0.00425. The molecule has 274 valence electrons. The van der Waals surface area contributed by atoms with Crippen molar-refractivity contribution in [2.24, 2.45) is 0 Å². The lowest BCUT2D eigenvalue weighted by Gasteiger charge is -2.33. The fraction of sp³-hybridized carbons (Fsp3) is 0.385. The smallest absolute Gasteiger partial charge is 0.336 e. The number of esters is 1. The van der Waals surface area contributed by atoms with E-state index in [1.807, 2.05) is 74.1 Å². The second-order valence-electron chi connectivity index (χ2n) is 13.6. The summed E-state index contributed by atoms with van der Waals surface area (Å²) in [5.74, 6) is -1.95. The first-order valence-electron chi connectivity index (χ1n) is 17.3. The molecule has 0 aromatic heterocycles. The number of ether oxygens (including phenoxy) is 1. The van der Waals surface area contributed by atoms with Crippen molar-refractivity contribution in [1.82, 2.24) is 20.5 Å². The van der Waals surface area contributed by atoms with Crippen molar-refractivity contribution in [3.63, 3.8) is 0 Å². The summed E-state index contributed by atoms with van der Waals surface area (Å²) in [7, 11) is 7.77. The molecule has 13 heteroatoms. The number of nitrogens with zero attached hydrogens (tertiary/aromatic N) is 2. The Morgan fingerprint density at radius 3 is 2.37 bits per heavy atom. The topological polar surface area (TPSA) is 170 Å². The van der Waals surface area contributed by atoms with Crippen molar-refractivity contribution >= 4 is 46.3 Å². The SMILES string of the molecule is C[C@H](NC(=O)CCCCCNC(=O)Cc1ccc(-c2c3ccc(=[N+](C)C)cc-3oc3cc(N(C)C)ccc23)c(C(=O)O)c1)C(=O)N[C@@H]1C(=O)O[C@@H]1C. The van der Waals surface area contributed by atoms with Crippen molar-refractivity contribution in [2.45, 2.75) is 64.1 Å². The number of carboxylic acids is 1. The third-order valence-electron chi connectivity index (χ3n) is 9.17. The van der Waals surface area contributed by atoms with E-state index < -0.39 is 36.0 Å². The summed E-state index contributed by atoms with van der Waals surface area (Å²) in [6.45, 7) is 3.62. The van der Waals surface area contributed by atoms with Crippen LogP contribution in [0.4, 0.5) is 5.69 Å². The predicted octanol–water partition coefficient (Wildman–Crippen LogP) is 3.15. The lowest BCUT2D eigenvalue weighted by Crippen LogP contribution is -2.61. The minimum Gasteiger partial charge on any atom is -0.478 e. The number of amides is 3. The van der Waals surface area contributed by atoms with Crippen molar-refractivity contribution in [1.29, 1.82) is 0 Å². The van der Waals surface area contributed by atoms with Crippen LogP contribution < -0.4 is 30.8 Å². The number of fused-ring (bicyclic) bond motifs is 2. The Balaban J connectivity index is 1.20. The lowest BCUT2D eigenvalue weighted by molar-refractivity contribution is -0.176. The second kappa shape index (κ2) is 16.1. The Hall–Kier alpha value is -5.72. The zero-order valence-corrected chi connectivity index (χ0v) is 30.4. The molecule has 2 heterocycles. The highest BCUT2D eigenvalue weighted by atomic mass is 16.6. The molecule has 3 aliphatic rings. The number of nitrogens with one attached hydrogen (secondary N) is 3. The average molecular weight is 713 g/mol. The number of rotatable bonds is 14. The number of aromatic carboxylic acids is 1. The van der Waals surface area contributed by atoms with Crippen LogP contribution in [0.2, 0.25) is 0 Å². The van der Waals surface area contributed by atoms with Gasteiger partial charge in [-0.1, -0.05) is 18.6 Å². The molecule has 3 atom stereocenters. The standard InChI is InChI=1S/C39H45N5O8/c1-22(37(47)42-36-23(2)51-39(36)50)41-33(45)10-8-7-9-17-40-34(46)19-24-11-14-27(30(18-24)38(48)49)35-28-15-12-25(43(3)4)20-31(28)52-32-21-26(44(5)6)13-16-29(32)35/h11-16,18,20-23,36H,7-10,17,19H2,1-6H3,(H3-,40,41,42,45,46,47,48,49)/p+1/t22-,23+,36-/m0/s1. The molecule has 13 nitrogen and oxygen atoms in total. The fourth-order valence-corrected chi connectivity index (χ4v) is 6.15. The van der Waals surface area contributed by atoms with Crippen LogP contribution in [0.25, 0.3) is 33.4 Å². The number of carbonyl (C=O) groups is 5. The maximum absolute atomic E-state index is 12.8. The molecule has 0 radical (unpaired) electrons. The Morgan fingerprint density at radius 2 is 1.69 bits per heavy atom. The molecular formula is C39H46N5O8+. The van der Waals surface area contributed by atoms with E-state index in [-0.39, 0.29) is 30.2 Å². The number of unbranched alkanes of at least 4 members (excludes halogenated alkanes) is 2. The summed E-state index contributed by atoms with van der Waals surface area (Å²) in [6, 6.07) is 15.3. The van der Waals surface area contributed by atoms with Gasteiger partial charge in [-0.25, -0.2) is 14.2 Å². The molecule has 0 bridgehead atoms. The van der Waals surface area contributed by atoms with Gasteiger partial charge in [0.15, 0.2) is 6.04 Å². The fourth-order valence-electron chi connectivity index (χ4n) is 6.15. The Morgan fingerprint density at radius 1 is 0.942 bits per heavy atom. The quantitative estimate of drug-likeness (QED) is 0.0664. The van der Waals surface area contributed by atoms with Crippen LogP contribution in [0.1, 0.15) is 55.5 Å². The molecular weight excluding hydrogens is 666 g/mol. The van der Waals surface area contributed by atoms with Gasteiger partial charge in [0.25, 0.3) is 0 Å². The molecule has 4 N–H and O–H groups in total. The molecule has 0 spiro atoms. The first-order chi connectivity index (χ1) is 24.7. The zero-order chi connectivity index (χ0) is 37.7. The van der Waals surface area contributed by atoms with Crippen molar-refractivity contribution < 1.29 is 38.2 Å². The van der Waals surface area contributed by atoms with Gasteiger partial charge in [-0.15, -0.1) is 0 Å². The molecule has 3 amide bonds. The van der Waals surface area contributed by atoms with E-state index in [0.717, 1.165) is 27.6 Å². The van der Waals surface area contributed by atoms with Gasteiger partial charge < -0.3 is 35.1 Å². The third-order valence-corrected chi connectivity index (χ3v) is 9.17. The van der Waals surface area contributed by atoms with Gasteiger partial charge in [0.2, 0.25) is 23.1 Å². The van der Waals surface area contributed by atoms with Crippen LogP contribution in [-0.4, -0.2) is 87.7 Å². The van der Waals surface area contributed by atoms with Gasteiger partial charge in [0.1, 0.15) is 37.6 Å². The van der Waals surface area contributed by atoms with Crippen LogP contribution in [-0.2, 0) is 30.3 Å². The van der Waals surface area contributed by atoms with E-state index in [9.17, 15) is 29.1 Å². The maximum Gasteiger partial charge on any atom is 0.336 e. The molecule has 52 heavy (non-hydrogen) atoms. The molecule has 1 fully saturated rings. The predicted molar refractivity (Wildman–Crippen MR) is 197 cm³/mol. The molecule has 2 aromatic carbocycles. The number of hydrogen-bond donors (Lipinski definition) is 4. The zero-order valence-electron chi connectivity index (χ0n) is 30.4. The highest BCUT2D eigenvalue weighted by Gasteiger charge is 2.40. The van der Waals surface area contributed by atoms with Crippen LogP contribution in [0.15, 0.2) is 59.0 Å².